The van der Waals surface area contributed by atoms with Gasteiger partial charge in [0.05, 0.1) is 23.5 Å². The van der Waals surface area contributed by atoms with Crippen LogP contribution in [0.2, 0.25) is 0 Å². The van der Waals surface area contributed by atoms with Crippen LogP contribution in [0.15, 0.2) is 18.2 Å². The molecule has 1 aliphatic heterocycles. The van der Waals surface area contributed by atoms with Crippen LogP contribution >= 0.6 is 0 Å². The van der Waals surface area contributed by atoms with E-state index in [0.29, 0.717) is 35.6 Å². The van der Waals surface area contributed by atoms with Gasteiger partial charge in [0.2, 0.25) is 0 Å². The molecule has 5 nitrogen and oxygen atoms in total. The normalized spacial score (nSPS) is 22.8. The zero-order valence-corrected chi connectivity index (χ0v) is 13.1. The van der Waals surface area contributed by atoms with E-state index < -0.39 is 0 Å². The molecule has 2 rings (SSSR count). The second-order valence-corrected chi connectivity index (χ2v) is 5.69. The highest BCUT2D eigenvalue weighted by atomic mass is 16.5. The fraction of sp³-hybridized carbons (Fsp3) is 0.562. The topological polar surface area (TPSA) is 67.6 Å². The summed E-state index contributed by atoms with van der Waals surface area (Å²) >= 11 is 0. The molecule has 2 unspecified atom stereocenters. The maximum Gasteiger partial charge on any atom is 0.340 e. The standard InChI is InChI=1S/C16H25N3O2/c1-4-21-16(20)13-6-5-7-14(17)15(13)18-12-8-9-19(3)11(2)10-12/h5-7,11-12,18H,4,8-10,17H2,1-3H3. The molecule has 0 amide bonds. The monoisotopic (exact) mass is 291 g/mol. The highest BCUT2D eigenvalue weighted by Gasteiger charge is 2.24. The van der Waals surface area contributed by atoms with Crippen LogP contribution in [0.25, 0.3) is 0 Å². The predicted octanol–water partition coefficient (Wildman–Crippen LogP) is 2.34. The number of hydrogen-bond acceptors (Lipinski definition) is 5. The quantitative estimate of drug-likeness (QED) is 0.658. The average Bonchev–Trinajstić information content (AvgIpc) is 2.45. The first-order valence-corrected chi connectivity index (χ1v) is 7.55. The van der Waals surface area contributed by atoms with Crippen molar-refractivity contribution in [2.45, 2.75) is 38.8 Å². The zero-order valence-electron chi connectivity index (χ0n) is 13.1. The molecule has 0 bridgehead atoms. The first-order valence-electron chi connectivity index (χ1n) is 7.55. The summed E-state index contributed by atoms with van der Waals surface area (Å²) in [6.45, 7) is 5.42. The minimum Gasteiger partial charge on any atom is -0.462 e. The molecule has 2 atom stereocenters. The predicted molar refractivity (Wildman–Crippen MR) is 85.5 cm³/mol. The van der Waals surface area contributed by atoms with E-state index in [2.05, 4.69) is 24.2 Å². The number of anilines is 2. The van der Waals surface area contributed by atoms with Crippen molar-refractivity contribution in [2.75, 3.05) is 31.2 Å². The number of esters is 1. The molecule has 0 aliphatic carbocycles. The number of para-hydroxylation sites is 1. The lowest BCUT2D eigenvalue weighted by Crippen LogP contribution is -2.42. The molecular weight excluding hydrogens is 266 g/mol. The smallest absolute Gasteiger partial charge is 0.340 e. The molecule has 1 heterocycles. The van der Waals surface area contributed by atoms with Crippen LogP contribution in [0.1, 0.15) is 37.0 Å². The number of nitrogens with one attached hydrogen (secondary N) is 1. The molecule has 0 saturated carbocycles. The number of nitrogens with zero attached hydrogens (tertiary/aromatic N) is 1. The summed E-state index contributed by atoms with van der Waals surface area (Å²) in [4.78, 5) is 14.4. The molecular formula is C16H25N3O2. The maximum atomic E-state index is 12.0. The molecule has 3 N–H and O–H groups in total. The summed E-state index contributed by atoms with van der Waals surface area (Å²) in [5.74, 6) is -0.326. The average molecular weight is 291 g/mol. The molecule has 1 saturated heterocycles. The van der Waals surface area contributed by atoms with Crippen LogP contribution in [0.5, 0.6) is 0 Å². The highest BCUT2D eigenvalue weighted by Crippen LogP contribution is 2.28. The fourth-order valence-electron chi connectivity index (χ4n) is 2.73. The first kappa shape index (κ1) is 15.6. The summed E-state index contributed by atoms with van der Waals surface area (Å²) < 4.78 is 5.11. The van der Waals surface area contributed by atoms with Gasteiger partial charge in [-0.1, -0.05) is 6.07 Å². The van der Waals surface area contributed by atoms with Crippen molar-refractivity contribution < 1.29 is 9.53 Å². The molecule has 1 aromatic carbocycles. The summed E-state index contributed by atoms with van der Waals surface area (Å²) in [7, 11) is 2.14. The third-order valence-corrected chi connectivity index (χ3v) is 4.15. The summed E-state index contributed by atoms with van der Waals surface area (Å²) in [6.07, 6.45) is 2.07. The molecule has 116 valence electrons. The number of nitrogen functional groups attached to an aromatic ring is 1. The van der Waals surface area contributed by atoms with E-state index in [4.69, 9.17) is 10.5 Å². The third-order valence-electron chi connectivity index (χ3n) is 4.15. The van der Waals surface area contributed by atoms with Crippen molar-refractivity contribution >= 4 is 17.3 Å². The Hall–Kier alpha value is -1.75. The number of carbonyl (C=O) groups excluding carboxylic acids is 1. The molecule has 5 heteroatoms. The largest absolute Gasteiger partial charge is 0.462 e. The number of piperidine rings is 1. The number of rotatable bonds is 4. The summed E-state index contributed by atoms with van der Waals surface area (Å²) in [5.41, 5.74) is 7.87. The number of likely N-dealkylation sites (tertiary alicyclic amines) is 1. The van der Waals surface area contributed by atoms with Gasteiger partial charge in [-0.2, -0.15) is 0 Å². The fourth-order valence-corrected chi connectivity index (χ4v) is 2.73. The molecule has 1 aromatic rings. The Morgan fingerprint density at radius 1 is 1.52 bits per heavy atom. The van der Waals surface area contributed by atoms with E-state index >= 15 is 0 Å². The van der Waals surface area contributed by atoms with Crippen molar-refractivity contribution in [3.05, 3.63) is 23.8 Å². The number of carbonyl (C=O) groups is 1. The van der Waals surface area contributed by atoms with Crippen LogP contribution in [-0.2, 0) is 4.74 Å². The van der Waals surface area contributed by atoms with Gasteiger partial charge < -0.3 is 20.7 Å². The van der Waals surface area contributed by atoms with Gasteiger partial charge in [0, 0.05) is 18.6 Å². The zero-order chi connectivity index (χ0) is 15.4. The Kier molecular flexibility index (Phi) is 5.07. The summed E-state index contributed by atoms with van der Waals surface area (Å²) in [6, 6.07) is 6.20. The van der Waals surface area contributed by atoms with Gasteiger partial charge in [0.15, 0.2) is 0 Å². The van der Waals surface area contributed by atoms with Crippen molar-refractivity contribution in [3.8, 4) is 0 Å². The van der Waals surface area contributed by atoms with Crippen LogP contribution < -0.4 is 11.1 Å². The van der Waals surface area contributed by atoms with Gasteiger partial charge in [0.1, 0.15) is 0 Å². The lowest BCUT2D eigenvalue weighted by atomic mass is 9.98. The third kappa shape index (κ3) is 3.67. The molecule has 1 aliphatic rings. The first-order chi connectivity index (χ1) is 10.0. The van der Waals surface area contributed by atoms with Crippen molar-refractivity contribution in [2.24, 2.45) is 0 Å². The van der Waals surface area contributed by atoms with E-state index in [1.54, 1.807) is 19.1 Å². The van der Waals surface area contributed by atoms with Crippen LogP contribution in [-0.4, -0.2) is 43.2 Å². The molecule has 1 fully saturated rings. The van der Waals surface area contributed by atoms with Crippen LogP contribution in [0, 0.1) is 0 Å². The number of hydrogen-bond donors (Lipinski definition) is 2. The Labute approximate surface area is 126 Å². The Balaban J connectivity index is 2.17. The van der Waals surface area contributed by atoms with E-state index in [1.165, 1.54) is 0 Å². The van der Waals surface area contributed by atoms with Crippen molar-refractivity contribution in [1.29, 1.82) is 0 Å². The van der Waals surface area contributed by atoms with Crippen LogP contribution in [0.3, 0.4) is 0 Å². The second kappa shape index (κ2) is 6.80. The molecule has 0 spiro atoms. The van der Waals surface area contributed by atoms with Gasteiger partial charge in [-0.05, 0) is 45.9 Å². The van der Waals surface area contributed by atoms with E-state index in [9.17, 15) is 4.79 Å². The Morgan fingerprint density at radius 3 is 2.95 bits per heavy atom. The summed E-state index contributed by atoms with van der Waals surface area (Å²) in [5, 5.41) is 3.46. The van der Waals surface area contributed by atoms with Crippen molar-refractivity contribution in [3.63, 3.8) is 0 Å². The lowest BCUT2D eigenvalue weighted by Gasteiger charge is -2.36. The molecule has 0 radical (unpaired) electrons. The highest BCUT2D eigenvalue weighted by molar-refractivity contribution is 5.98. The SMILES string of the molecule is CCOC(=O)c1cccc(N)c1NC1CCN(C)C(C)C1. The molecule has 21 heavy (non-hydrogen) atoms. The maximum absolute atomic E-state index is 12.0. The molecule has 0 aromatic heterocycles. The lowest BCUT2D eigenvalue weighted by molar-refractivity contribution is 0.0527. The minimum absolute atomic E-state index is 0.326. The van der Waals surface area contributed by atoms with Gasteiger partial charge in [0.25, 0.3) is 0 Å². The van der Waals surface area contributed by atoms with E-state index in [0.717, 1.165) is 19.4 Å². The van der Waals surface area contributed by atoms with Gasteiger partial charge in [-0.3, -0.25) is 0 Å². The number of benzene rings is 1. The van der Waals surface area contributed by atoms with E-state index in [1.807, 2.05) is 6.07 Å². The van der Waals surface area contributed by atoms with Gasteiger partial charge in [-0.15, -0.1) is 0 Å². The Morgan fingerprint density at radius 2 is 2.29 bits per heavy atom. The van der Waals surface area contributed by atoms with Gasteiger partial charge in [-0.25, -0.2) is 4.79 Å². The number of nitrogens with two attached hydrogens (primary N) is 1. The van der Waals surface area contributed by atoms with E-state index in [-0.39, 0.29) is 5.97 Å². The van der Waals surface area contributed by atoms with Gasteiger partial charge >= 0.3 is 5.97 Å². The number of ether oxygens (including phenoxy) is 1. The van der Waals surface area contributed by atoms with Crippen LogP contribution in [0.4, 0.5) is 11.4 Å². The second-order valence-electron chi connectivity index (χ2n) is 5.69. The van der Waals surface area contributed by atoms with Crippen molar-refractivity contribution in [1.82, 2.24) is 4.90 Å². The Bertz CT molecular complexity index is 504. The minimum atomic E-state index is -0.326.